The fourth-order valence-corrected chi connectivity index (χ4v) is 4.47. The summed E-state index contributed by atoms with van der Waals surface area (Å²) in [5.74, 6) is 0.241. The Morgan fingerprint density at radius 3 is 2.52 bits per heavy atom. The first-order valence-electron chi connectivity index (χ1n) is 11.3. The van der Waals surface area contributed by atoms with Crippen molar-refractivity contribution in [1.82, 2.24) is 15.2 Å². The lowest BCUT2D eigenvalue weighted by atomic mass is 9.79. The van der Waals surface area contributed by atoms with Crippen LogP contribution in [-0.2, 0) is 11.2 Å². The third kappa shape index (κ3) is 5.06. The van der Waals surface area contributed by atoms with E-state index in [2.05, 4.69) is 40.6 Å². The molecule has 3 aromatic rings. The SMILES string of the molecule is CC(C)NC(=O)C1(Cc2cccc(-c3ccccc3)c2)CCN(C(=O)c2ccc(N)nc2)C1. The number of hydrogen-bond donors (Lipinski definition) is 2. The van der Waals surface area contributed by atoms with Crippen LogP contribution in [0.15, 0.2) is 72.9 Å². The summed E-state index contributed by atoms with van der Waals surface area (Å²) in [6.07, 6.45) is 2.67. The first kappa shape index (κ1) is 22.5. The van der Waals surface area contributed by atoms with E-state index in [0.717, 1.165) is 16.7 Å². The van der Waals surface area contributed by atoms with Crippen LogP contribution in [0.5, 0.6) is 0 Å². The molecule has 1 aromatic heterocycles. The Morgan fingerprint density at radius 2 is 1.82 bits per heavy atom. The van der Waals surface area contributed by atoms with Crippen molar-refractivity contribution in [3.63, 3.8) is 0 Å². The molecule has 1 aliphatic rings. The zero-order valence-corrected chi connectivity index (χ0v) is 19.1. The van der Waals surface area contributed by atoms with Crippen molar-refractivity contribution in [2.24, 2.45) is 5.41 Å². The molecule has 0 aliphatic carbocycles. The summed E-state index contributed by atoms with van der Waals surface area (Å²) in [6.45, 7) is 4.80. The van der Waals surface area contributed by atoms with Gasteiger partial charge in [-0.05, 0) is 55.5 Å². The van der Waals surface area contributed by atoms with E-state index in [1.807, 2.05) is 38.1 Å². The number of benzene rings is 2. The Kier molecular flexibility index (Phi) is 6.45. The third-order valence-electron chi connectivity index (χ3n) is 6.15. The van der Waals surface area contributed by atoms with Crippen molar-refractivity contribution in [3.8, 4) is 11.1 Å². The molecular formula is C27H30N4O2. The minimum absolute atomic E-state index is 0.00616. The number of anilines is 1. The van der Waals surface area contributed by atoms with Crippen molar-refractivity contribution in [2.45, 2.75) is 32.7 Å². The molecule has 4 rings (SSSR count). The number of nitrogens with one attached hydrogen (secondary N) is 1. The van der Waals surface area contributed by atoms with Crippen LogP contribution in [0, 0.1) is 5.41 Å². The van der Waals surface area contributed by atoms with E-state index < -0.39 is 5.41 Å². The second-order valence-corrected chi connectivity index (χ2v) is 9.10. The van der Waals surface area contributed by atoms with Crippen LogP contribution < -0.4 is 11.1 Å². The van der Waals surface area contributed by atoms with E-state index in [9.17, 15) is 9.59 Å². The van der Waals surface area contributed by atoms with Crippen LogP contribution in [0.4, 0.5) is 5.82 Å². The zero-order chi connectivity index (χ0) is 23.4. The van der Waals surface area contributed by atoms with Gasteiger partial charge in [-0.2, -0.15) is 0 Å². The molecule has 1 saturated heterocycles. The molecule has 0 saturated carbocycles. The molecule has 2 heterocycles. The summed E-state index contributed by atoms with van der Waals surface area (Å²) in [7, 11) is 0. The van der Waals surface area contributed by atoms with Gasteiger partial charge in [-0.3, -0.25) is 9.59 Å². The maximum absolute atomic E-state index is 13.4. The number of nitrogens with two attached hydrogens (primary N) is 1. The Morgan fingerprint density at radius 1 is 1.06 bits per heavy atom. The summed E-state index contributed by atoms with van der Waals surface area (Å²) in [4.78, 5) is 32.3. The highest BCUT2D eigenvalue weighted by atomic mass is 16.2. The van der Waals surface area contributed by atoms with Gasteiger partial charge >= 0.3 is 0 Å². The van der Waals surface area contributed by atoms with Gasteiger partial charge in [-0.25, -0.2) is 4.98 Å². The minimum atomic E-state index is -0.684. The van der Waals surface area contributed by atoms with Crippen molar-refractivity contribution in [2.75, 3.05) is 18.8 Å². The monoisotopic (exact) mass is 442 g/mol. The summed E-state index contributed by atoms with van der Waals surface area (Å²) in [5, 5.41) is 3.09. The second kappa shape index (κ2) is 9.45. The van der Waals surface area contributed by atoms with E-state index in [1.54, 1.807) is 17.0 Å². The molecule has 3 N–H and O–H groups in total. The van der Waals surface area contributed by atoms with Crippen LogP contribution in [0.25, 0.3) is 11.1 Å². The number of hydrogen-bond acceptors (Lipinski definition) is 4. The highest BCUT2D eigenvalue weighted by molar-refractivity contribution is 5.95. The summed E-state index contributed by atoms with van der Waals surface area (Å²) in [5.41, 5.74) is 8.80. The van der Waals surface area contributed by atoms with Crippen molar-refractivity contribution >= 4 is 17.6 Å². The topological polar surface area (TPSA) is 88.3 Å². The average Bonchev–Trinajstić information content (AvgIpc) is 3.25. The Hall–Kier alpha value is -3.67. The van der Waals surface area contributed by atoms with Crippen LogP contribution in [-0.4, -0.2) is 40.8 Å². The summed E-state index contributed by atoms with van der Waals surface area (Å²) >= 11 is 0. The normalized spacial score (nSPS) is 17.8. The Bertz CT molecular complexity index is 1130. The second-order valence-electron chi connectivity index (χ2n) is 9.10. The van der Waals surface area contributed by atoms with E-state index in [1.165, 1.54) is 6.20 Å². The fourth-order valence-electron chi connectivity index (χ4n) is 4.47. The molecule has 0 spiro atoms. The van der Waals surface area contributed by atoms with E-state index in [0.29, 0.717) is 37.3 Å². The number of nitrogen functional groups attached to an aromatic ring is 1. The molecule has 2 amide bonds. The van der Waals surface area contributed by atoms with E-state index in [4.69, 9.17) is 5.73 Å². The fraction of sp³-hybridized carbons (Fsp3) is 0.296. The molecule has 1 aliphatic heterocycles. The van der Waals surface area contributed by atoms with Crippen molar-refractivity contribution < 1.29 is 9.59 Å². The Labute approximate surface area is 194 Å². The zero-order valence-electron chi connectivity index (χ0n) is 19.1. The van der Waals surface area contributed by atoms with E-state index in [-0.39, 0.29) is 17.9 Å². The number of likely N-dealkylation sites (tertiary alicyclic amines) is 1. The number of carbonyl (C=O) groups is 2. The predicted octanol–water partition coefficient (Wildman–Crippen LogP) is 3.93. The number of nitrogens with zero attached hydrogens (tertiary/aromatic N) is 2. The van der Waals surface area contributed by atoms with Gasteiger partial charge in [0.25, 0.3) is 5.91 Å². The molecule has 33 heavy (non-hydrogen) atoms. The van der Waals surface area contributed by atoms with Crippen LogP contribution >= 0.6 is 0 Å². The molecule has 6 heteroatoms. The van der Waals surface area contributed by atoms with Gasteiger partial charge < -0.3 is 16.0 Å². The molecule has 6 nitrogen and oxygen atoms in total. The maximum atomic E-state index is 13.4. The van der Waals surface area contributed by atoms with Gasteiger partial charge in [-0.1, -0.05) is 54.6 Å². The quantitative estimate of drug-likeness (QED) is 0.605. The van der Waals surface area contributed by atoms with Gasteiger partial charge in [0.05, 0.1) is 11.0 Å². The highest BCUT2D eigenvalue weighted by Crippen LogP contribution is 2.36. The smallest absolute Gasteiger partial charge is 0.255 e. The number of pyridine rings is 1. The minimum Gasteiger partial charge on any atom is -0.384 e. The summed E-state index contributed by atoms with van der Waals surface area (Å²) in [6, 6.07) is 21.8. The maximum Gasteiger partial charge on any atom is 0.255 e. The van der Waals surface area contributed by atoms with Crippen LogP contribution in [0.1, 0.15) is 36.2 Å². The molecule has 170 valence electrons. The van der Waals surface area contributed by atoms with Gasteiger partial charge in [0.1, 0.15) is 5.82 Å². The van der Waals surface area contributed by atoms with E-state index >= 15 is 0 Å². The number of carbonyl (C=O) groups excluding carboxylic acids is 2. The lowest BCUT2D eigenvalue weighted by Gasteiger charge is -2.29. The van der Waals surface area contributed by atoms with Gasteiger partial charge in [0.2, 0.25) is 5.91 Å². The van der Waals surface area contributed by atoms with Crippen molar-refractivity contribution in [3.05, 3.63) is 84.1 Å². The molecular weight excluding hydrogens is 412 g/mol. The van der Waals surface area contributed by atoms with Crippen LogP contribution in [0.3, 0.4) is 0 Å². The van der Waals surface area contributed by atoms with Crippen LogP contribution in [0.2, 0.25) is 0 Å². The molecule has 1 atom stereocenters. The molecule has 2 aromatic carbocycles. The average molecular weight is 443 g/mol. The molecule has 1 fully saturated rings. The first-order valence-corrected chi connectivity index (χ1v) is 11.3. The van der Waals surface area contributed by atoms with Gasteiger partial charge in [-0.15, -0.1) is 0 Å². The van der Waals surface area contributed by atoms with Gasteiger partial charge in [0, 0.05) is 25.3 Å². The number of aromatic nitrogens is 1. The standard InChI is InChI=1S/C27H30N4O2/c1-19(2)30-26(33)27(13-14-31(18-27)25(32)23-11-12-24(28)29-17-23)16-20-7-6-10-22(15-20)21-8-4-3-5-9-21/h3-12,15,17,19H,13-14,16,18H2,1-2H3,(H2,28,29)(H,30,33). The molecule has 0 radical (unpaired) electrons. The highest BCUT2D eigenvalue weighted by Gasteiger charge is 2.46. The first-order chi connectivity index (χ1) is 15.9. The lowest BCUT2D eigenvalue weighted by molar-refractivity contribution is -0.130. The number of amides is 2. The number of rotatable bonds is 6. The lowest BCUT2D eigenvalue weighted by Crippen LogP contribution is -2.47. The van der Waals surface area contributed by atoms with Crippen molar-refractivity contribution in [1.29, 1.82) is 0 Å². The molecule has 0 bridgehead atoms. The largest absolute Gasteiger partial charge is 0.384 e. The Balaban J connectivity index is 1.60. The third-order valence-corrected chi connectivity index (χ3v) is 6.15. The predicted molar refractivity (Wildman–Crippen MR) is 130 cm³/mol. The summed E-state index contributed by atoms with van der Waals surface area (Å²) < 4.78 is 0. The van der Waals surface area contributed by atoms with Gasteiger partial charge in [0.15, 0.2) is 0 Å². The molecule has 1 unspecified atom stereocenters.